The standard InChI is InChI=1S/C12H14N2O2/c1-12(2)10(8-11(15)16-12)14-13-9-6-4-3-5-7-9/h3-8,13-14H,1-2H3. The summed E-state index contributed by atoms with van der Waals surface area (Å²) in [6.07, 6.45) is 1.45. The predicted molar refractivity (Wildman–Crippen MR) is 61.5 cm³/mol. The maximum Gasteiger partial charge on any atom is 0.333 e. The maximum absolute atomic E-state index is 11.1. The van der Waals surface area contributed by atoms with Gasteiger partial charge < -0.3 is 15.6 Å². The highest BCUT2D eigenvalue weighted by molar-refractivity contribution is 5.86. The van der Waals surface area contributed by atoms with Gasteiger partial charge in [0.25, 0.3) is 0 Å². The van der Waals surface area contributed by atoms with Gasteiger partial charge in [-0.05, 0) is 26.0 Å². The van der Waals surface area contributed by atoms with Gasteiger partial charge in [-0.15, -0.1) is 0 Å². The van der Waals surface area contributed by atoms with Gasteiger partial charge in [0, 0.05) is 6.08 Å². The number of carbonyl (C=O) groups excluding carboxylic acids is 1. The van der Waals surface area contributed by atoms with Crippen LogP contribution in [-0.2, 0) is 9.53 Å². The average Bonchev–Trinajstić information content (AvgIpc) is 2.50. The molecule has 0 radical (unpaired) electrons. The number of carbonyl (C=O) groups is 1. The summed E-state index contributed by atoms with van der Waals surface area (Å²) in [6.45, 7) is 3.67. The van der Waals surface area contributed by atoms with Crippen molar-refractivity contribution in [3.05, 3.63) is 42.1 Å². The molecule has 0 amide bonds. The average molecular weight is 218 g/mol. The summed E-state index contributed by atoms with van der Waals surface area (Å²) >= 11 is 0. The number of esters is 1. The molecule has 1 aliphatic rings. The van der Waals surface area contributed by atoms with Crippen LogP contribution in [0.4, 0.5) is 5.69 Å². The number of anilines is 1. The Morgan fingerprint density at radius 2 is 1.81 bits per heavy atom. The molecule has 4 nitrogen and oxygen atoms in total. The molecule has 1 aromatic carbocycles. The van der Waals surface area contributed by atoms with Crippen LogP contribution in [0.25, 0.3) is 0 Å². The molecular weight excluding hydrogens is 204 g/mol. The minimum absolute atomic E-state index is 0.317. The summed E-state index contributed by atoms with van der Waals surface area (Å²) < 4.78 is 5.12. The number of rotatable bonds is 3. The third kappa shape index (κ3) is 2.16. The molecule has 2 rings (SSSR count). The Bertz CT molecular complexity index is 424. The van der Waals surface area contributed by atoms with Crippen LogP contribution >= 0.6 is 0 Å². The Labute approximate surface area is 94.3 Å². The molecule has 84 valence electrons. The second kappa shape index (κ2) is 3.89. The van der Waals surface area contributed by atoms with Gasteiger partial charge in [-0.3, -0.25) is 0 Å². The molecule has 1 heterocycles. The van der Waals surface area contributed by atoms with Gasteiger partial charge in [0.05, 0.1) is 11.4 Å². The molecule has 0 saturated carbocycles. The zero-order valence-electron chi connectivity index (χ0n) is 9.28. The normalized spacial score (nSPS) is 17.6. The molecule has 16 heavy (non-hydrogen) atoms. The monoisotopic (exact) mass is 218 g/mol. The molecule has 0 fully saturated rings. The fourth-order valence-corrected chi connectivity index (χ4v) is 1.48. The minimum atomic E-state index is -0.598. The number of benzene rings is 1. The van der Waals surface area contributed by atoms with Crippen molar-refractivity contribution in [2.75, 3.05) is 5.43 Å². The molecule has 2 N–H and O–H groups in total. The van der Waals surface area contributed by atoms with Gasteiger partial charge in [-0.25, -0.2) is 4.79 Å². The van der Waals surface area contributed by atoms with Crippen LogP contribution < -0.4 is 10.9 Å². The van der Waals surface area contributed by atoms with Crippen molar-refractivity contribution in [1.82, 2.24) is 5.43 Å². The van der Waals surface area contributed by atoms with Crippen molar-refractivity contribution in [1.29, 1.82) is 0 Å². The molecule has 0 bridgehead atoms. The van der Waals surface area contributed by atoms with E-state index in [1.165, 1.54) is 6.08 Å². The van der Waals surface area contributed by atoms with E-state index in [0.29, 0.717) is 0 Å². The van der Waals surface area contributed by atoms with E-state index in [1.807, 2.05) is 44.2 Å². The number of hydrogen-bond acceptors (Lipinski definition) is 4. The Morgan fingerprint density at radius 3 is 2.38 bits per heavy atom. The largest absolute Gasteiger partial charge is 0.450 e. The van der Waals surface area contributed by atoms with Crippen LogP contribution in [-0.4, -0.2) is 11.6 Å². The lowest BCUT2D eigenvalue weighted by atomic mass is 10.1. The van der Waals surface area contributed by atoms with Gasteiger partial charge >= 0.3 is 5.97 Å². The van der Waals surface area contributed by atoms with Gasteiger partial charge in [0.15, 0.2) is 0 Å². The summed E-state index contributed by atoms with van der Waals surface area (Å²) in [5.41, 5.74) is 7.05. The van der Waals surface area contributed by atoms with E-state index in [0.717, 1.165) is 11.4 Å². The maximum atomic E-state index is 11.1. The van der Waals surface area contributed by atoms with Gasteiger partial charge in [0.1, 0.15) is 5.60 Å². The lowest BCUT2D eigenvalue weighted by Gasteiger charge is -2.22. The Morgan fingerprint density at radius 1 is 1.12 bits per heavy atom. The predicted octanol–water partition coefficient (Wildman–Crippen LogP) is 1.82. The number of para-hydroxylation sites is 1. The van der Waals surface area contributed by atoms with E-state index in [-0.39, 0.29) is 5.97 Å². The van der Waals surface area contributed by atoms with E-state index in [2.05, 4.69) is 10.9 Å². The fourth-order valence-electron chi connectivity index (χ4n) is 1.48. The fraction of sp³-hybridized carbons (Fsp3) is 0.250. The summed E-state index contributed by atoms with van der Waals surface area (Å²) in [5.74, 6) is -0.317. The number of hydrogen-bond donors (Lipinski definition) is 2. The van der Waals surface area contributed by atoms with Crippen LogP contribution in [0.5, 0.6) is 0 Å². The third-order valence-corrected chi connectivity index (χ3v) is 2.38. The second-order valence-corrected chi connectivity index (χ2v) is 4.11. The van der Waals surface area contributed by atoms with Crippen molar-refractivity contribution in [3.63, 3.8) is 0 Å². The van der Waals surface area contributed by atoms with Crippen LogP contribution in [0.2, 0.25) is 0 Å². The number of nitrogens with one attached hydrogen (secondary N) is 2. The molecular formula is C12H14N2O2. The number of cyclic esters (lactones) is 1. The smallest absolute Gasteiger partial charge is 0.333 e. The van der Waals surface area contributed by atoms with Crippen LogP contribution in [0, 0.1) is 0 Å². The van der Waals surface area contributed by atoms with E-state index in [1.54, 1.807) is 0 Å². The molecule has 0 atom stereocenters. The Kier molecular flexibility index (Phi) is 2.56. The van der Waals surface area contributed by atoms with E-state index in [9.17, 15) is 4.79 Å². The minimum Gasteiger partial charge on any atom is -0.450 e. The summed E-state index contributed by atoms with van der Waals surface area (Å²) in [4.78, 5) is 11.1. The van der Waals surface area contributed by atoms with E-state index in [4.69, 9.17) is 4.74 Å². The highest BCUT2D eigenvalue weighted by Gasteiger charge is 2.34. The van der Waals surface area contributed by atoms with E-state index < -0.39 is 5.60 Å². The van der Waals surface area contributed by atoms with Crippen LogP contribution in [0.1, 0.15) is 13.8 Å². The second-order valence-electron chi connectivity index (χ2n) is 4.11. The first kappa shape index (κ1) is 10.5. The van der Waals surface area contributed by atoms with Crippen LogP contribution in [0.3, 0.4) is 0 Å². The molecule has 4 heteroatoms. The van der Waals surface area contributed by atoms with Gasteiger partial charge in [0.2, 0.25) is 0 Å². The zero-order chi connectivity index (χ0) is 11.6. The lowest BCUT2D eigenvalue weighted by Crippen LogP contribution is -2.34. The molecule has 0 spiro atoms. The summed E-state index contributed by atoms with van der Waals surface area (Å²) in [7, 11) is 0. The summed E-state index contributed by atoms with van der Waals surface area (Å²) in [5, 5.41) is 0. The molecule has 0 saturated heterocycles. The van der Waals surface area contributed by atoms with E-state index >= 15 is 0 Å². The highest BCUT2D eigenvalue weighted by Crippen LogP contribution is 2.24. The first-order valence-electron chi connectivity index (χ1n) is 5.10. The van der Waals surface area contributed by atoms with Crippen molar-refractivity contribution in [3.8, 4) is 0 Å². The Balaban J connectivity index is 2.01. The molecule has 0 aromatic heterocycles. The number of hydrazine groups is 1. The first-order valence-corrected chi connectivity index (χ1v) is 5.10. The van der Waals surface area contributed by atoms with Crippen molar-refractivity contribution >= 4 is 11.7 Å². The Hall–Kier alpha value is -1.97. The lowest BCUT2D eigenvalue weighted by molar-refractivity contribution is -0.143. The summed E-state index contributed by atoms with van der Waals surface area (Å²) in [6, 6.07) is 9.66. The highest BCUT2D eigenvalue weighted by atomic mass is 16.6. The molecule has 1 aromatic rings. The van der Waals surface area contributed by atoms with Gasteiger partial charge in [-0.1, -0.05) is 18.2 Å². The number of ether oxygens (including phenoxy) is 1. The van der Waals surface area contributed by atoms with Gasteiger partial charge in [-0.2, -0.15) is 0 Å². The topological polar surface area (TPSA) is 50.4 Å². The van der Waals surface area contributed by atoms with Crippen molar-refractivity contribution in [2.24, 2.45) is 0 Å². The molecule has 0 aliphatic carbocycles. The van der Waals surface area contributed by atoms with Crippen molar-refractivity contribution < 1.29 is 9.53 Å². The molecule has 1 aliphatic heterocycles. The van der Waals surface area contributed by atoms with Crippen LogP contribution in [0.15, 0.2) is 42.1 Å². The first-order chi connectivity index (χ1) is 7.58. The zero-order valence-corrected chi connectivity index (χ0v) is 9.28. The molecule has 0 unspecified atom stereocenters. The van der Waals surface area contributed by atoms with Crippen molar-refractivity contribution in [2.45, 2.75) is 19.4 Å². The third-order valence-electron chi connectivity index (χ3n) is 2.38. The quantitative estimate of drug-likeness (QED) is 0.600. The SMILES string of the molecule is CC1(C)OC(=O)C=C1NNc1ccccc1.